The second-order valence-electron chi connectivity index (χ2n) is 37.9. The SMILES string of the molecule is C.C.C.CC(=O)c1c(C2CCN(C(=O)C(C)(CO)CO)CC2)nc2c(-c3ccc(C4=NC=CC4)nc3)cnn2c1N.CC(CN)C(=O)N1CCC(c2nc3c(-c4ccc(-c5ccccc5)nc4)cnn3c(N)c2C=O)CC1.CC(CO)(CO)C(=O)N1CCC(c2nc3c(-c4ccc(-c5ccccc5)nc4)cnn3c(N)c2C=O)CC1.C[C@@H](O)C(=O)N1CCC(c2nc3c(-c4ccc(C5=NC=CC5)nc4)cnn3c(N)c2C=O)CC1. The zero-order valence-electron chi connectivity index (χ0n) is 81.5. The first-order valence-corrected chi connectivity index (χ1v) is 48.6. The number of amides is 4. The van der Waals surface area contributed by atoms with Gasteiger partial charge in [0, 0.05) is 194 Å². The van der Waals surface area contributed by atoms with E-state index in [0.717, 1.165) is 115 Å². The Labute approximate surface area is 861 Å². The standard InChI is InChI=1S/C28H30N6O4.C27H31N7O4.C27H29N7O2.C24H25N7O3.3CH4/c1-28(16-36,17-37)27(38)33-11-9-19(10-12-33)24-22(15-35)25(29)34-26(32-24)21(14-31-34)20-7-8-23(30-13-20)18-5-3-2-4-6-18;1-16(37)22-23(17-7-10-33(11-8-17)26(38)27(2,14-35)15-36)32-25-19(13-31-34(25)24(22)28)18-5-6-21(30-12-18)20-4-3-9-29-20;1-17(13-28)27(36)33-11-9-19(10-12-33)24-22(16-35)25(29)34-26(32-24)21(15-31-34)20-7-8-23(30-14-20)18-5-3-2-4-6-18;1-14(33)24(34)30-9-6-15(7-10-30)21-18(13-32)22(25)31-23(29-21)17(12-28-31)16-4-5-20(27-11-16)19-3-2-8-26-19;;;/h2-8,13-15,19,36-37H,9-12,16-17,29H2,1H3;3,5-6,9,12-13,17,35-36H,4,7-8,10-11,14-15,28H2,1-2H3;2-8,14-17,19H,9-13,28-29H2,1H3;2,4-5,8,11-15,33H,3,6-7,9-10,25H2,1H3;3*1H4/t;;;14-;;;/m...1.../s1. The quantitative estimate of drug-likeness (QED) is 0.0188. The summed E-state index contributed by atoms with van der Waals surface area (Å²) in [5.41, 5.74) is 48.4. The van der Waals surface area contributed by atoms with Gasteiger partial charge in [0.1, 0.15) is 29.4 Å². The second kappa shape index (κ2) is 47.1. The molecular formula is C109H127N27O13. The zero-order valence-corrected chi connectivity index (χ0v) is 81.5. The highest BCUT2D eigenvalue weighted by Crippen LogP contribution is 2.42. The van der Waals surface area contributed by atoms with E-state index in [9.17, 15) is 63.9 Å². The molecular weight excluding hydrogens is 1900 g/mol. The molecule has 776 valence electrons. The van der Waals surface area contributed by atoms with E-state index < -0.39 is 43.4 Å². The molecule has 0 aliphatic carbocycles. The van der Waals surface area contributed by atoms with Gasteiger partial charge in [0.25, 0.3) is 5.91 Å². The molecule has 0 saturated carbocycles. The number of carbonyl (C=O) groups excluding carboxylic acids is 8. The number of fused-ring (bicyclic) bond motifs is 4. The Morgan fingerprint density at radius 2 is 0.678 bits per heavy atom. The number of aliphatic hydroxyl groups excluding tert-OH is 5. The Morgan fingerprint density at radius 3 is 0.946 bits per heavy atom. The van der Waals surface area contributed by atoms with Crippen LogP contribution in [0.1, 0.15) is 220 Å². The number of benzene rings is 2. The van der Waals surface area contributed by atoms with Crippen LogP contribution in [0.2, 0.25) is 0 Å². The third-order valence-electron chi connectivity index (χ3n) is 28.3. The summed E-state index contributed by atoms with van der Waals surface area (Å²) >= 11 is 0. The van der Waals surface area contributed by atoms with Crippen molar-refractivity contribution in [2.24, 2.45) is 32.5 Å². The summed E-state index contributed by atoms with van der Waals surface area (Å²) in [6.45, 7) is 10.3. The van der Waals surface area contributed by atoms with Gasteiger partial charge < -0.3 is 73.8 Å². The lowest BCUT2D eigenvalue weighted by Crippen LogP contribution is -2.49. The van der Waals surface area contributed by atoms with Gasteiger partial charge in [0.15, 0.2) is 47.2 Å². The summed E-state index contributed by atoms with van der Waals surface area (Å²) < 4.78 is 5.95. The molecule has 0 bridgehead atoms. The van der Waals surface area contributed by atoms with Gasteiger partial charge in [-0.3, -0.25) is 68.3 Å². The number of nitrogens with zero attached hydrogens (tertiary/aromatic N) is 22. The van der Waals surface area contributed by atoms with E-state index in [1.165, 1.54) is 31.9 Å². The van der Waals surface area contributed by atoms with E-state index in [2.05, 4.69) is 50.3 Å². The Hall–Kier alpha value is -16.1. The fourth-order valence-electron chi connectivity index (χ4n) is 19.4. The topological polar surface area (TPSA) is 578 Å². The van der Waals surface area contributed by atoms with Crippen molar-refractivity contribution in [3.63, 3.8) is 0 Å². The highest BCUT2D eigenvalue weighted by Gasteiger charge is 2.42. The van der Waals surface area contributed by atoms with Crippen molar-refractivity contribution in [3.05, 3.63) is 240 Å². The lowest BCUT2D eigenvalue weighted by molar-refractivity contribution is -0.148. The molecule has 15 N–H and O–H groups in total. The van der Waals surface area contributed by atoms with Crippen molar-refractivity contribution in [3.8, 4) is 67.0 Å². The van der Waals surface area contributed by atoms with Crippen molar-refractivity contribution < 1.29 is 63.9 Å². The number of carbonyl (C=O) groups is 8. The van der Waals surface area contributed by atoms with Crippen molar-refractivity contribution in [2.45, 2.75) is 151 Å². The Balaban J connectivity index is 0.000000156. The number of pyridine rings is 4. The molecule has 40 nitrogen and oxygen atoms in total. The van der Waals surface area contributed by atoms with Crippen LogP contribution < -0.4 is 28.7 Å². The smallest absolute Gasteiger partial charge is 0.251 e. The number of allylic oxidation sites excluding steroid dienone is 2. The molecule has 18 heterocycles. The molecule has 40 heteroatoms. The van der Waals surface area contributed by atoms with Crippen molar-refractivity contribution in [1.82, 2.24) is 97.9 Å². The number of aliphatic imine (C=N–C) groups is 2. The first-order valence-electron chi connectivity index (χ1n) is 48.6. The minimum atomic E-state index is -1.23. The first-order chi connectivity index (χ1) is 70.6. The molecule has 0 radical (unpaired) electrons. The number of hydrogen-bond acceptors (Lipinski definition) is 32. The Morgan fingerprint density at radius 1 is 0.389 bits per heavy atom. The maximum absolute atomic E-state index is 12.9. The molecule has 4 fully saturated rings. The number of aliphatic hydroxyl groups is 5. The van der Waals surface area contributed by atoms with E-state index in [1.54, 1.807) is 90.5 Å². The number of aromatic nitrogens is 16. The highest BCUT2D eigenvalue weighted by molar-refractivity contribution is 6.04. The monoisotopic (exact) mass is 2020 g/mol. The van der Waals surface area contributed by atoms with Gasteiger partial charge in [-0.2, -0.15) is 38.5 Å². The van der Waals surface area contributed by atoms with E-state index in [4.69, 9.17) is 48.6 Å². The predicted molar refractivity (Wildman–Crippen MR) is 569 cm³/mol. The van der Waals surface area contributed by atoms with Gasteiger partial charge in [0.05, 0.1) is 141 Å². The summed E-state index contributed by atoms with van der Waals surface area (Å²) in [5, 5.41) is 65.7. The average molecular weight is 2020 g/mol. The normalized spacial score (nSPS) is 15.5. The molecule has 0 spiro atoms. The van der Waals surface area contributed by atoms with E-state index >= 15 is 0 Å². The van der Waals surface area contributed by atoms with E-state index in [-0.39, 0.29) is 105 Å². The number of aldehydes is 3. The highest BCUT2D eigenvalue weighted by atomic mass is 16.3. The lowest BCUT2D eigenvalue weighted by Gasteiger charge is -2.37. The molecule has 2 aromatic carbocycles. The molecule has 4 amide bonds. The minimum absolute atomic E-state index is 0. The maximum Gasteiger partial charge on any atom is 0.251 e. The zero-order chi connectivity index (χ0) is 103. The third kappa shape index (κ3) is 22.0. The summed E-state index contributed by atoms with van der Waals surface area (Å²) in [7, 11) is 0. The summed E-state index contributed by atoms with van der Waals surface area (Å²) in [5.74, 6) is -0.479. The van der Waals surface area contributed by atoms with Crippen molar-refractivity contribution in [2.75, 3.05) is 108 Å². The van der Waals surface area contributed by atoms with Crippen LogP contribution >= 0.6 is 0 Å². The number of ketones is 1. The first kappa shape index (κ1) is 109. The summed E-state index contributed by atoms with van der Waals surface area (Å²) in [6.07, 6.45) is 28.9. The molecule has 6 aliphatic heterocycles. The predicted octanol–water partition coefficient (Wildman–Crippen LogP) is 11.6. The van der Waals surface area contributed by atoms with Crippen LogP contribution in [0.15, 0.2) is 193 Å². The van der Waals surface area contributed by atoms with Crippen molar-refractivity contribution >= 4 is 106 Å². The summed E-state index contributed by atoms with van der Waals surface area (Å²) in [6, 6.07) is 35.4. The van der Waals surface area contributed by atoms with E-state index in [1.807, 2.05) is 133 Å². The minimum Gasteiger partial charge on any atom is -0.395 e. The second-order valence-corrected chi connectivity index (χ2v) is 37.9. The maximum atomic E-state index is 12.9. The Kier molecular flexibility index (Phi) is 34.4. The molecule has 12 aromatic heterocycles. The van der Waals surface area contributed by atoms with Crippen LogP contribution in [-0.2, 0) is 19.2 Å². The number of hydrogen-bond donors (Lipinski definition) is 10. The molecule has 149 heavy (non-hydrogen) atoms. The van der Waals surface area contributed by atoms with Crippen LogP contribution in [0.25, 0.3) is 89.6 Å². The number of rotatable bonds is 25. The van der Waals surface area contributed by atoms with Crippen LogP contribution in [-0.4, -0.2) is 275 Å². The fraction of sp³-hybridized carbons (Fsp3) is 0.358. The van der Waals surface area contributed by atoms with Gasteiger partial charge in [-0.1, -0.05) is 126 Å². The number of nitrogens with two attached hydrogens (primary N) is 5. The van der Waals surface area contributed by atoms with Gasteiger partial charge in [-0.05, 0) is 103 Å². The number of anilines is 4. The van der Waals surface area contributed by atoms with Crippen LogP contribution in [0, 0.1) is 16.7 Å². The van der Waals surface area contributed by atoms with Gasteiger partial charge in [0.2, 0.25) is 17.7 Å². The number of nitrogen functional groups attached to an aromatic ring is 4. The Bertz CT molecular complexity index is 7350. The number of likely N-dealkylation sites (tertiary alicyclic amines) is 4. The number of Topliss-reactive ketones (excluding diaryl/α,β-unsaturated/α-hetero) is 1. The largest absolute Gasteiger partial charge is 0.395 e. The van der Waals surface area contributed by atoms with Crippen LogP contribution in [0.5, 0.6) is 0 Å². The van der Waals surface area contributed by atoms with Crippen LogP contribution in [0.4, 0.5) is 23.3 Å². The molecule has 2 atom stereocenters. The molecule has 14 aromatic rings. The van der Waals surface area contributed by atoms with E-state index in [0.29, 0.717) is 184 Å². The molecule has 1 unspecified atom stereocenters. The van der Waals surface area contributed by atoms with Crippen molar-refractivity contribution in [1.29, 1.82) is 0 Å². The number of piperidine rings is 4. The van der Waals surface area contributed by atoms with Gasteiger partial charge >= 0.3 is 0 Å². The van der Waals surface area contributed by atoms with Gasteiger partial charge in [-0.25, -0.2) is 19.9 Å². The lowest BCUT2D eigenvalue weighted by atomic mass is 9.86. The molecule has 6 aliphatic rings. The summed E-state index contributed by atoms with van der Waals surface area (Å²) in [4.78, 5) is 153. The molecule has 20 rings (SSSR count). The third-order valence-corrected chi connectivity index (χ3v) is 28.3. The average Bonchev–Trinajstić information content (AvgIpc) is 1.64. The van der Waals surface area contributed by atoms with Gasteiger partial charge in [-0.15, -0.1) is 0 Å². The molecule has 4 saturated heterocycles. The fourth-order valence-corrected chi connectivity index (χ4v) is 19.4. The van der Waals surface area contributed by atoms with Crippen LogP contribution in [0.3, 0.4) is 0 Å².